The lowest BCUT2D eigenvalue weighted by Gasteiger charge is -2.36. The maximum Gasteiger partial charge on any atom is 0.0965 e. The molecular formula is C31H25ClN2. The maximum atomic E-state index is 6.84. The summed E-state index contributed by atoms with van der Waals surface area (Å²) in [6.07, 6.45) is 4.51. The smallest absolute Gasteiger partial charge is 0.0965 e. The molecule has 5 aromatic rings. The lowest BCUT2D eigenvalue weighted by Crippen LogP contribution is -2.29. The quantitative estimate of drug-likeness (QED) is 0.258. The van der Waals surface area contributed by atoms with Crippen LogP contribution in [-0.2, 0) is 13.1 Å². The Morgan fingerprint density at radius 3 is 2.00 bits per heavy atom. The summed E-state index contributed by atoms with van der Waals surface area (Å²) in [5, 5.41) is 2.07. The van der Waals surface area contributed by atoms with E-state index in [0.717, 1.165) is 23.7 Å². The van der Waals surface area contributed by atoms with Gasteiger partial charge in [0, 0.05) is 40.8 Å². The molecule has 4 aromatic carbocycles. The molecule has 0 N–H and O–H groups in total. The summed E-state index contributed by atoms with van der Waals surface area (Å²) in [5.74, 6) is 0. The third-order valence-corrected chi connectivity index (χ3v) is 7.01. The summed E-state index contributed by atoms with van der Waals surface area (Å²) >= 11 is 6.84. The van der Waals surface area contributed by atoms with Crippen molar-refractivity contribution in [3.63, 3.8) is 0 Å². The van der Waals surface area contributed by atoms with Crippen LogP contribution in [0.5, 0.6) is 0 Å². The molecule has 1 aliphatic heterocycles. The van der Waals surface area contributed by atoms with Gasteiger partial charge >= 0.3 is 0 Å². The standard InChI is InChI=1S/C31H25ClN2/c32-28-17-9-7-16-27(28)30-31-26(19-20-33(30)21-23-11-3-1-4-12-23)25-15-8-10-18-29(25)34(31)22-24-13-5-2-6-14-24/h1-20,30H,21-22H2. The van der Waals surface area contributed by atoms with Crippen LogP contribution < -0.4 is 0 Å². The van der Waals surface area contributed by atoms with Crippen molar-refractivity contribution >= 4 is 28.6 Å². The van der Waals surface area contributed by atoms with Crippen LogP contribution in [0.15, 0.2) is 115 Å². The summed E-state index contributed by atoms with van der Waals surface area (Å²) in [7, 11) is 0. The summed E-state index contributed by atoms with van der Waals surface area (Å²) in [4.78, 5) is 2.42. The molecule has 1 aromatic heterocycles. The molecule has 1 atom stereocenters. The lowest BCUT2D eigenvalue weighted by atomic mass is 9.94. The molecule has 1 aliphatic rings. The van der Waals surface area contributed by atoms with Crippen LogP contribution in [-0.4, -0.2) is 9.47 Å². The van der Waals surface area contributed by atoms with Gasteiger partial charge in [0.2, 0.25) is 0 Å². The highest BCUT2D eigenvalue weighted by atomic mass is 35.5. The Balaban J connectivity index is 1.58. The van der Waals surface area contributed by atoms with Gasteiger partial charge in [-0.25, -0.2) is 0 Å². The Labute approximate surface area is 205 Å². The van der Waals surface area contributed by atoms with Crippen molar-refractivity contribution < 1.29 is 0 Å². The molecule has 3 heteroatoms. The Bertz CT molecular complexity index is 1470. The van der Waals surface area contributed by atoms with Crippen LogP contribution in [0.1, 0.15) is 34.0 Å². The van der Waals surface area contributed by atoms with E-state index in [0.29, 0.717) is 0 Å². The molecular weight excluding hydrogens is 436 g/mol. The van der Waals surface area contributed by atoms with Crippen molar-refractivity contribution in [2.45, 2.75) is 19.1 Å². The fourth-order valence-corrected chi connectivity index (χ4v) is 5.37. The average molecular weight is 461 g/mol. The third-order valence-electron chi connectivity index (χ3n) is 6.67. The molecule has 6 rings (SSSR count). The van der Waals surface area contributed by atoms with Crippen molar-refractivity contribution in [1.82, 2.24) is 9.47 Å². The largest absolute Gasteiger partial charge is 0.361 e. The third kappa shape index (κ3) is 3.70. The van der Waals surface area contributed by atoms with E-state index in [9.17, 15) is 0 Å². The molecule has 0 bridgehead atoms. The number of halogens is 1. The molecule has 34 heavy (non-hydrogen) atoms. The second-order valence-corrected chi connectivity index (χ2v) is 9.19. The number of fused-ring (bicyclic) bond motifs is 3. The first-order valence-electron chi connectivity index (χ1n) is 11.7. The Morgan fingerprint density at radius 1 is 0.647 bits per heavy atom. The molecule has 0 fully saturated rings. The van der Waals surface area contributed by atoms with E-state index in [-0.39, 0.29) is 6.04 Å². The van der Waals surface area contributed by atoms with Crippen molar-refractivity contribution in [3.05, 3.63) is 148 Å². The van der Waals surface area contributed by atoms with Gasteiger partial charge in [-0.1, -0.05) is 109 Å². The molecule has 1 unspecified atom stereocenters. The van der Waals surface area contributed by atoms with Gasteiger partial charge in [-0.2, -0.15) is 0 Å². The monoisotopic (exact) mass is 460 g/mol. The molecule has 2 heterocycles. The van der Waals surface area contributed by atoms with Gasteiger partial charge < -0.3 is 9.47 Å². The number of hydrogen-bond donors (Lipinski definition) is 0. The van der Waals surface area contributed by atoms with Gasteiger partial charge in [0.05, 0.1) is 11.7 Å². The van der Waals surface area contributed by atoms with Gasteiger partial charge in [-0.05, 0) is 34.9 Å². The fourth-order valence-electron chi connectivity index (χ4n) is 5.13. The van der Waals surface area contributed by atoms with Crippen LogP contribution >= 0.6 is 11.6 Å². The summed E-state index contributed by atoms with van der Waals surface area (Å²) in [5.41, 5.74) is 7.51. The highest BCUT2D eigenvalue weighted by Crippen LogP contribution is 2.43. The molecule has 0 aliphatic carbocycles. The first-order chi connectivity index (χ1) is 16.8. The molecule has 0 saturated carbocycles. The van der Waals surface area contributed by atoms with Gasteiger partial charge in [0.15, 0.2) is 0 Å². The maximum absolute atomic E-state index is 6.84. The summed E-state index contributed by atoms with van der Waals surface area (Å²) in [6.45, 7) is 1.62. The molecule has 0 spiro atoms. The van der Waals surface area contributed by atoms with Gasteiger partial charge in [0.1, 0.15) is 0 Å². The van der Waals surface area contributed by atoms with E-state index in [1.165, 1.54) is 33.3 Å². The SMILES string of the molecule is Clc1ccccc1C1c2c(c3ccccc3n2Cc2ccccc2)C=CN1Cc1ccccc1. The highest BCUT2D eigenvalue weighted by molar-refractivity contribution is 6.31. The number of aromatic nitrogens is 1. The number of para-hydroxylation sites is 1. The topological polar surface area (TPSA) is 8.17 Å². The fraction of sp³-hybridized carbons (Fsp3) is 0.0968. The van der Waals surface area contributed by atoms with Crippen LogP contribution in [0.4, 0.5) is 0 Å². The van der Waals surface area contributed by atoms with Gasteiger partial charge in [0.25, 0.3) is 0 Å². The second kappa shape index (κ2) is 8.89. The first-order valence-corrected chi connectivity index (χ1v) is 12.0. The lowest BCUT2D eigenvalue weighted by molar-refractivity contribution is 0.297. The minimum Gasteiger partial charge on any atom is -0.361 e. The zero-order valence-corrected chi connectivity index (χ0v) is 19.6. The van der Waals surface area contributed by atoms with Crippen molar-refractivity contribution in [2.75, 3.05) is 0 Å². The van der Waals surface area contributed by atoms with E-state index < -0.39 is 0 Å². The van der Waals surface area contributed by atoms with E-state index in [4.69, 9.17) is 11.6 Å². The van der Waals surface area contributed by atoms with E-state index >= 15 is 0 Å². The van der Waals surface area contributed by atoms with E-state index in [1.54, 1.807) is 0 Å². The van der Waals surface area contributed by atoms with Crippen molar-refractivity contribution in [3.8, 4) is 0 Å². The van der Waals surface area contributed by atoms with Crippen LogP contribution in [0.3, 0.4) is 0 Å². The second-order valence-electron chi connectivity index (χ2n) is 8.79. The normalized spacial score (nSPS) is 15.0. The van der Waals surface area contributed by atoms with Crippen molar-refractivity contribution in [1.29, 1.82) is 0 Å². The zero-order chi connectivity index (χ0) is 22.9. The number of benzene rings is 4. The predicted molar refractivity (Wildman–Crippen MR) is 142 cm³/mol. The minimum atomic E-state index is 0.00465. The van der Waals surface area contributed by atoms with Crippen molar-refractivity contribution in [2.24, 2.45) is 0 Å². The highest BCUT2D eigenvalue weighted by Gasteiger charge is 2.32. The minimum absolute atomic E-state index is 0.00465. The van der Waals surface area contributed by atoms with Gasteiger partial charge in [-0.3, -0.25) is 0 Å². The number of rotatable bonds is 5. The molecule has 2 nitrogen and oxygen atoms in total. The Hall–Kier alpha value is -3.75. The predicted octanol–water partition coefficient (Wildman–Crippen LogP) is 7.92. The number of hydrogen-bond acceptors (Lipinski definition) is 1. The Kier molecular flexibility index (Phi) is 5.44. The summed E-state index contributed by atoms with van der Waals surface area (Å²) in [6, 6.07) is 38.3. The molecule has 0 radical (unpaired) electrons. The first kappa shape index (κ1) is 20.8. The van der Waals surface area contributed by atoms with E-state index in [1.807, 2.05) is 12.1 Å². The van der Waals surface area contributed by atoms with E-state index in [2.05, 4.69) is 119 Å². The zero-order valence-electron chi connectivity index (χ0n) is 18.8. The molecule has 0 saturated heterocycles. The molecule has 0 amide bonds. The number of nitrogens with zero attached hydrogens (tertiary/aromatic N) is 2. The Morgan fingerprint density at radius 2 is 1.26 bits per heavy atom. The molecule has 166 valence electrons. The van der Waals surface area contributed by atoms with Gasteiger partial charge in [-0.15, -0.1) is 0 Å². The summed E-state index contributed by atoms with van der Waals surface area (Å²) < 4.78 is 2.48. The van der Waals surface area contributed by atoms with Crippen LogP contribution in [0.25, 0.3) is 17.0 Å². The van der Waals surface area contributed by atoms with Crippen LogP contribution in [0, 0.1) is 0 Å². The average Bonchev–Trinajstić information content (AvgIpc) is 3.19. The van der Waals surface area contributed by atoms with Crippen LogP contribution in [0.2, 0.25) is 5.02 Å².